The first kappa shape index (κ1) is 20.2. The number of nitrogens with zero attached hydrogens (tertiary/aromatic N) is 4. The number of likely N-dealkylation sites (tertiary alicyclic amines) is 1. The summed E-state index contributed by atoms with van der Waals surface area (Å²) in [5.41, 5.74) is 2.24. The number of carbonyl (C=O) groups excluding carboxylic acids is 1. The summed E-state index contributed by atoms with van der Waals surface area (Å²) >= 11 is 0. The van der Waals surface area contributed by atoms with Crippen LogP contribution in [0.3, 0.4) is 0 Å². The zero-order valence-corrected chi connectivity index (χ0v) is 17.3. The van der Waals surface area contributed by atoms with Crippen molar-refractivity contribution in [2.45, 2.75) is 38.8 Å². The highest BCUT2D eigenvalue weighted by Gasteiger charge is 2.24. The van der Waals surface area contributed by atoms with Gasteiger partial charge in [-0.25, -0.2) is 9.67 Å². The fraction of sp³-hybridized carbons (Fsp3) is 0.409. The molecule has 1 fully saturated rings. The second-order valence-electron chi connectivity index (χ2n) is 7.60. The van der Waals surface area contributed by atoms with Gasteiger partial charge in [0.15, 0.2) is 0 Å². The summed E-state index contributed by atoms with van der Waals surface area (Å²) in [6, 6.07) is 11.7. The van der Waals surface area contributed by atoms with Crippen molar-refractivity contribution in [3.05, 3.63) is 60.3 Å². The molecule has 0 atom stereocenters. The minimum absolute atomic E-state index is 0.0703. The summed E-state index contributed by atoms with van der Waals surface area (Å²) in [7, 11) is 0. The molecule has 8 heteroatoms. The highest BCUT2D eigenvalue weighted by molar-refractivity contribution is 5.89. The van der Waals surface area contributed by atoms with Gasteiger partial charge in [-0.2, -0.15) is 5.10 Å². The molecule has 4 rings (SSSR count). The number of aromatic nitrogens is 4. The summed E-state index contributed by atoms with van der Waals surface area (Å²) in [5.74, 6) is 1.45. The van der Waals surface area contributed by atoms with Crippen molar-refractivity contribution < 1.29 is 9.53 Å². The number of benzene rings is 1. The van der Waals surface area contributed by atoms with Gasteiger partial charge in [0.05, 0.1) is 37.3 Å². The second-order valence-corrected chi connectivity index (χ2v) is 7.60. The molecule has 3 heterocycles. The lowest BCUT2D eigenvalue weighted by Gasteiger charge is -2.32. The van der Waals surface area contributed by atoms with E-state index in [1.54, 1.807) is 12.5 Å². The Kier molecular flexibility index (Phi) is 6.44. The third-order valence-electron chi connectivity index (χ3n) is 5.49. The molecule has 0 spiro atoms. The van der Waals surface area contributed by atoms with Crippen LogP contribution >= 0.6 is 0 Å². The van der Waals surface area contributed by atoms with E-state index in [-0.39, 0.29) is 11.9 Å². The third-order valence-corrected chi connectivity index (χ3v) is 5.49. The predicted molar refractivity (Wildman–Crippen MR) is 114 cm³/mol. The van der Waals surface area contributed by atoms with E-state index in [0.717, 1.165) is 55.4 Å². The fourth-order valence-electron chi connectivity index (χ4n) is 3.77. The zero-order chi connectivity index (χ0) is 20.8. The average Bonchev–Trinajstić information content (AvgIpc) is 3.38. The number of hydrogen-bond donors (Lipinski definition) is 2. The molecule has 0 unspecified atom stereocenters. The van der Waals surface area contributed by atoms with Crippen LogP contribution in [0.2, 0.25) is 0 Å². The Morgan fingerprint density at radius 3 is 2.77 bits per heavy atom. The summed E-state index contributed by atoms with van der Waals surface area (Å²) < 4.78 is 7.56. The van der Waals surface area contributed by atoms with E-state index in [0.29, 0.717) is 13.0 Å². The van der Waals surface area contributed by atoms with Crippen molar-refractivity contribution in [1.82, 2.24) is 24.6 Å². The van der Waals surface area contributed by atoms with Crippen LogP contribution in [0.4, 0.5) is 5.82 Å². The topological polar surface area (TPSA) is 88.1 Å². The molecule has 2 aromatic heterocycles. The molecule has 1 aromatic carbocycles. The van der Waals surface area contributed by atoms with Crippen LogP contribution in [0.5, 0.6) is 5.75 Å². The molecule has 3 aromatic rings. The normalized spacial score (nSPS) is 15.2. The van der Waals surface area contributed by atoms with Crippen molar-refractivity contribution in [1.29, 1.82) is 0 Å². The van der Waals surface area contributed by atoms with E-state index in [4.69, 9.17) is 4.74 Å². The van der Waals surface area contributed by atoms with Gasteiger partial charge in [0.1, 0.15) is 11.6 Å². The summed E-state index contributed by atoms with van der Waals surface area (Å²) in [4.78, 5) is 22.3. The van der Waals surface area contributed by atoms with Gasteiger partial charge >= 0.3 is 0 Å². The maximum Gasteiger partial charge on any atom is 0.228 e. The Labute approximate surface area is 176 Å². The van der Waals surface area contributed by atoms with Crippen molar-refractivity contribution >= 4 is 11.7 Å². The van der Waals surface area contributed by atoms with Gasteiger partial charge in [0, 0.05) is 31.4 Å². The first-order valence-corrected chi connectivity index (χ1v) is 10.4. The number of carbonyl (C=O) groups is 1. The van der Waals surface area contributed by atoms with Crippen LogP contribution in [-0.2, 0) is 11.3 Å². The lowest BCUT2D eigenvalue weighted by Crippen LogP contribution is -2.35. The largest absolute Gasteiger partial charge is 0.493 e. The molecule has 1 amide bonds. The van der Waals surface area contributed by atoms with Gasteiger partial charge < -0.3 is 15.0 Å². The van der Waals surface area contributed by atoms with Gasteiger partial charge in [0.2, 0.25) is 5.91 Å². The van der Waals surface area contributed by atoms with Crippen LogP contribution in [0, 0.1) is 6.92 Å². The van der Waals surface area contributed by atoms with E-state index in [1.165, 1.54) is 0 Å². The van der Waals surface area contributed by atoms with E-state index in [2.05, 4.69) is 32.2 Å². The van der Waals surface area contributed by atoms with E-state index in [1.807, 2.05) is 41.1 Å². The van der Waals surface area contributed by atoms with Gasteiger partial charge in [0.25, 0.3) is 0 Å². The summed E-state index contributed by atoms with van der Waals surface area (Å²) in [6.07, 6.45) is 5.77. The molecular weight excluding hydrogens is 380 g/mol. The lowest BCUT2D eigenvalue weighted by atomic mass is 10.0. The highest BCUT2D eigenvalue weighted by Crippen LogP contribution is 2.26. The molecule has 0 radical (unpaired) electrons. The summed E-state index contributed by atoms with van der Waals surface area (Å²) in [6.45, 7) is 5.23. The second kappa shape index (κ2) is 9.58. The number of amides is 1. The number of nitrogens with one attached hydrogen (secondary N) is 2. The minimum Gasteiger partial charge on any atom is -0.493 e. The molecule has 30 heavy (non-hydrogen) atoms. The number of rotatable bonds is 8. The Hall–Kier alpha value is -3.13. The smallest absolute Gasteiger partial charge is 0.228 e. The lowest BCUT2D eigenvalue weighted by molar-refractivity contribution is -0.116. The number of piperidine rings is 1. The van der Waals surface area contributed by atoms with Gasteiger partial charge in [-0.05, 0) is 31.9 Å². The van der Waals surface area contributed by atoms with Crippen LogP contribution in [0.25, 0.3) is 0 Å². The van der Waals surface area contributed by atoms with Gasteiger partial charge in [-0.3, -0.25) is 9.69 Å². The first-order chi connectivity index (χ1) is 14.7. The minimum atomic E-state index is -0.0703. The third kappa shape index (κ3) is 5.07. The van der Waals surface area contributed by atoms with E-state index < -0.39 is 0 Å². The van der Waals surface area contributed by atoms with Gasteiger partial charge in [-0.15, -0.1) is 0 Å². The molecular formula is C22H28N6O2. The van der Waals surface area contributed by atoms with Crippen molar-refractivity contribution in [2.75, 3.05) is 25.0 Å². The number of hydrogen-bond acceptors (Lipinski definition) is 5. The Morgan fingerprint density at radius 2 is 2.03 bits per heavy atom. The van der Waals surface area contributed by atoms with E-state index in [9.17, 15) is 4.79 Å². The number of ether oxygens (including phenoxy) is 1. The Bertz CT molecular complexity index is 943. The molecule has 1 aliphatic heterocycles. The number of para-hydroxylation sites is 1. The zero-order valence-electron chi connectivity index (χ0n) is 17.3. The average molecular weight is 409 g/mol. The van der Waals surface area contributed by atoms with Gasteiger partial charge in [-0.1, -0.05) is 18.2 Å². The Balaban J connectivity index is 1.25. The van der Waals surface area contributed by atoms with Crippen LogP contribution in [-0.4, -0.2) is 50.3 Å². The van der Waals surface area contributed by atoms with Crippen LogP contribution in [0.15, 0.2) is 48.9 Å². The van der Waals surface area contributed by atoms with Crippen LogP contribution < -0.4 is 10.1 Å². The maximum atomic E-state index is 12.3. The number of aryl methyl sites for hydroxylation is 1. The molecule has 1 aliphatic rings. The molecule has 158 valence electrons. The van der Waals surface area contributed by atoms with Crippen molar-refractivity contribution in [3.8, 4) is 5.75 Å². The predicted octanol–water partition coefficient (Wildman–Crippen LogP) is 3.16. The Morgan fingerprint density at radius 1 is 1.23 bits per heavy atom. The molecule has 0 saturated carbocycles. The monoisotopic (exact) mass is 408 g/mol. The molecule has 0 bridgehead atoms. The first-order valence-electron chi connectivity index (χ1n) is 10.4. The van der Waals surface area contributed by atoms with Crippen LogP contribution in [0.1, 0.15) is 36.7 Å². The highest BCUT2D eigenvalue weighted by atomic mass is 16.5. The number of H-pyrrole nitrogens is 1. The quantitative estimate of drug-likeness (QED) is 0.598. The van der Waals surface area contributed by atoms with E-state index >= 15 is 0 Å². The molecule has 2 N–H and O–H groups in total. The standard InChI is InChI=1S/C22H28N6O2/c1-17-20(24-16-23-17)15-27-12-8-18(9-13-27)28-21(7-11-25-28)26-22(29)10-14-30-19-5-3-2-4-6-19/h2-7,11,16,18H,8-10,12-15H2,1H3,(H,23,24)(H,26,29). The summed E-state index contributed by atoms with van der Waals surface area (Å²) in [5, 5.41) is 7.45. The molecule has 8 nitrogen and oxygen atoms in total. The molecule has 0 aliphatic carbocycles. The number of anilines is 1. The number of imidazole rings is 1. The van der Waals surface area contributed by atoms with Crippen molar-refractivity contribution in [3.63, 3.8) is 0 Å². The SMILES string of the molecule is Cc1[nH]cnc1CN1CCC(n2nccc2NC(=O)CCOc2ccccc2)CC1. The molecule has 1 saturated heterocycles. The van der Waals surface area contributed by atoms with Crippen molar-refractivity contribution in [2.24, 2.45) is 0 Å². The number of aromatic amines is 1. The maximum absolute atomic E-state index is 12.3. The fourth-order valence-corrected chi connectivity index (χ4v) is 3.77.